The van der Waals surface area contributed by atoms with Gasteiger partial charge in [-0.3, -0.25) is 4.79 Å². The summed E-state index contributed by atoms with van der Waals surface area (Å²) in [5, 5.41) is 2.73. The lowest BCUT2D eigenvalue weighted by Gasteiger charge is -2.07. The molecule has 0 atom stereocenters. The lowest BCUT2D eigenvalue weighted by molar-refractivity contribution is 0.0948. The highest BCUT2D eigenvalue weighted by atomic mass is 79.9. The van der Waals surface area contributed by atoms with Crippen LogP contribution in [0.2, 0.25) is 0 Å². The Morgan fingerprint density at radius 2 is 2.12 bits per heavy atom. The topological polar surface area (TPSA) is 29.1 Å². The Labute approximate surface area is 110 Å². The standard InChI is InChI=1S/C13H17BrFNO/c1-2-3-4-5-9-16-13(17)12-10(14)7-6-8-11(12)15/h6-8H,2-5,9H2,1H3,(H,16,17). The van der Waals surface area contributed by atoms with Crippen molar-refractivity contribution in [3.63, 3.8) is 0 Å². The second-order valence-electron chi connectivity index (χ2n) is 3.91. The van der Waals surface area contributed by atoms with Crippen LogP contribution in [0.25, 0.3) is 0 Å². The van der Waals surface area contributed by atoms with Crippen LogP contribution in [0, 0.1) is 5.82 Å². The number of unbranched alkanes of at least 4 members (excludes halogenated alkanes) is 3. The van der Waals surface area contributed by atoms with Crippen molar-refractivity contribution in [2.24, 2.45) is 0 Å². The number of carbonyl (C=O) groups is 1. The molecular formula is C13H17BrFNO. The van der Waals surface area contributed by atoms with Gasteiger partial charge in [-0.05, 0) is 34.5 Å². The summed E-state index contributed by atoms with van der Waals surface area (Å²) in [5.41, 5.74) is 0.0861. The smallest absolute Gasteiger partial charge is 0.255 e. The predicted molar refractivity (Wildman–Crippen MR) is 70.6 cm³/mol. The van der Waals surface area contributed by atoms with Gasteiger partial charge >= 0.3 is 0 Å². The van der Waals surface area contributed by atoms with E-state index in [0.29, 0.717) is 11.0 Å². The molecule has 1 rings (SSSR count). The van der Waals surface area contributed by atoms with Crippen LogP contribution in [0.4, 0.5) is 4.39 Å². The largest absolute Gasteiger partial charge is 0.352 e. The average molecular weight is 302 g/mol. The van der Waals surface area contributed by atoms with Crippen molar-refractivity contribution in [3.8, 4) is 0 Å². The molecule has 0 saturated carbocycles. The molecule has 0 radical (unpaired) electrons. The maximum Gasteiger partial charge on any atom is 0.255 e. The van der Waals surface area contributed by atoms with E-state index in [1.54, 1.807) is 12.1 Å². The molecule has 0 spiro atoms. The molecule has 0 fully saturated rings. The number of hydrogen-bond acceptors (Lipinski definition) is 1. The second kappa shape index (κ2) is 7.43. The fourth-order valence-corrected chi connectivity index (χ4v) is 2.08. The summed E-state index contributed by atoms with van der Waals surface area (Å²) in [6.45, 7) is 2.73. The molecule has 0 heterocycles. The first-order valence-electron chi connectivity index (χ1n) is 5.89. The molecule has 0 aliphatic heterocycles. The molecule has 0 aromatic heterocycles. The van der Waals surface area contributed by atoms with E-state index in [9.17, 15) is 9.18 Å². The molecule has 1 aromatic carbocycles. The third-order valence-corrected chi connectivity index (χ3v) is 3.17. The molecule has 1 aromatic rings. The maximum atomic E-state index is 13.4. The fourth-order valence-electron chi connectivity index (χ4n) is 1.56. The number of rotatable bonds is 6. The van der Waals surface area contributed by atoms with Gasteiger partial charge < -0.3 is 5.32 Å². The molecule has 4 heteroatoms. The minimum absolute atomic E-state index is 0.0861. The predicted octanol–water partition coefficient (Wildman–Crippen LogP) is 3.90. The lowest BCUT2D eigenvalue weighted by atomic mass is 10.2. The van der Waals surface area contributed by atoms with Gasteiger partial charge in [0.1, 0.15) is 5.82 Å². The van der Waals surface area contributed by atoms with Crippen LogP contribution >= 0.6 is 15.9 Å². The van der Waals surface area contributed by atoms with Gasteiger partial charge in [-0.1, -0.05) is 32.3 Å². The lowest BCUT2D eigenvalue weighted by Crippen LogP contribution is -2.25. The Kier molecular flexibility index (Phi) is 6.19. The molecule has 0 aliphatic carbocycles. The Morgan fingerprint density at radius 1 is 1.35 bits per heavy atom. The van der Waals surface area contributed by atoms with Gasteiger partial charge in [-0.15, -0.1) is 0 Å². The van der Waals surface area contributed by atoms with Crippen molar-refractivity contribution in [3.05, 3.63) is 34.1 Å². The average Bonchev–Trinajstić information content (AvgIpc) is 2.28. The highest BCUT2D eigenvalue weighted by Crippen LogP contribution is 2.19. The normalized spacial score (nSPS) is 10.3. The first-order valence-corrected chi connectivity index (χ1v) is 6.68. The van der Waals surface area contributed by atoms with Crippen LogP contribution in [-0.2, 0) is 0 Å². The van der Waals surface area contributed by atoms with Crippen LogP contribution in [0.15, 0.2) is 22.7 Å². The third kappa shape index (κ3) is 4.46. The van der Waals surface area contributed by atoms with Gasteiger partial charge in [-0.25, -0.2) is 4.39 Å². The van der Waals surface area contributed by atoms with Crippen molar-refractivity contribution in [2.45, 2.75) is 32.6 Å². The number of amides is 1. The van der Waals surface area contributed by atoms with Gasteiger partial charge in [0.25, 0.3) is 5.91 Å². The van der Waals surface area contributed by atoms with Crippen molar-refractivity contribution >= 4 is 21.8 Å². The minimum atomic E-state index is -0.495. The molecule has 1 amide bonds. The van der Waals surface area contributed by atoms with E-state index in [1.807, 2.05) is 0 Å². The first-order chi connectivity index (χ1) is 8.16. The monoisotopic (exact) mass is 301 g/mol. The van der Waals surface area contributed by atoms with Crippen LogP contribution in [0.1, 0.15) is 43.0 Å². The van der Waals surface area contributed by atoms with Crippen molar-refractivity contribution in [2.75, 3.05) is 6.54 Å². The van der Waals surface area contributed by atoms with Crippen molar-refractivity contribution < 1.29 is 9.18 Å². The highest BCUT2D eigenvalue weighted by Gasteiger charge is 2.14. The molecule has 17 heavy (non-hydrogen) atoms. The van der Waals surface area contributed by atoms with Gasteiger partial charge in [0.15, 0.2) is 0 Å². The van der Waals surface area contributed by atoms with E-state index >= 15 is 0 Å². The number of nitrogens with one attached hydrogen (secondary N) is 1. The van der Waals surface area contributed by atoms with E-state index in [-0.39, 0.29) is 11.5 Å². The Bertz CT molecular complexity index is 361. The van der Waals surface area contributed by atoms with Crippen LogP contribution in [0.3, 0.4) is 0 Å². The summed E-state index contributed by atoms with van der Waals surface area (Å²) in [5.74, 6) is -0.850. The number of hydrogen-bond donors (Lipinski definition) is 1. The van der Waals surface area contributed by atoms with E-state index in [0.717, 1.165) is 19.3 Å². The van der Waals surface area contributed by atoms with Crippen LogP contribution < -0.4 is 5.32 Å². The van der Waals surface area contributed by atoms with Crippen molar-refractivity contribution in [1.82, 2.24) is 5.32 Å². The van der Waals surface area contributed by atoms with Gasteiger partial charge in [0.05, 0.1) is 5.56 Å². The fraction of sp³-hybridized carbons (Fsp3) is 0.462. The summed E-state index contributed by atoms with van der Waals surface area (Å²) >= 11 is 3.18. The summed E-state index contributed by atoms with van der Waals surface area (Å²) in [6, 6.07) is 4.52. The van der Waals surface area contributed by atoms with E-state index in [4.69, 9.17) is 0 Å². The summed E-state index contributed by atoms with van der Waals surface area (Å²) in [6.07, 6.45) is 4.35. The van der Waals surface area contributed by atoms with Gasteiger partial charge in [0, 0.05) is 11.0 Å². The molecule has 94 valence electrons. The van der Waals surface area contributed by atoms with E-state index in [1.165, 1.54) is 12.5 Å². The SMILES string of the molecule is CCCCCCNC(=O)c1c(F)cccc1Br. The number of benzene rings is 1. The molecule has 0 saturated heterocycles. The van der Waals surface area contributed by atoms with Gasteiger partial charge in [0.2, 0.25) is 0 Å². The Balaban J connectivity index is 2.47. The zero-order valence-electron chi connectivity index (χ0n) is 9.93. The van der Waals surface area contributed by atoms with E-state index in [2.05, 4.69) is 28.2 Å². The maximum absolute atomic E-state index is 13.4. The summed E-state index contributed by atoms with van der Waals surface area (Å²) in [7, 11) is 0. The number of halogens is 2. The van der Waals surface area contributed by atoms with Crippen LogP contribution in [-0.4, -0.2) is 12.5 Å². The zero-order chi connectivity index (χ0) is 12.7. The molecule has 0 unspecified atom stereocenters. The molecule has 1 N–H and O–H groups in total. The molecule has 0 aliphatic rings. The summed E-state index contributed by atoms with van der Waals surface area (Å²) in [4.78, 5) is 11.7. The summed E-state index contributed by atoms with van der Waals surface area (Å²) < 4.78 is 13.9. The second-order valence-corrected chi connectivity index (χ2v) is 4.77. The Morgan fingerprint density at radius 3 is 2.76 bits per heavy atom. The molecule has 2 nitrogen and oxygen atoms in total. The zero-order valence-corrected chi connectivity index (χ0v) is 11.5. The minimum Gasteiger partial charge on any atom is -0.352 e. The molecular weight excluding hydrogens is 285 g/mol. The quantitative estimate of drug-likeness (QED) is 0.793. The first kappa shape index (κ1) is 14.2. The van der Waals surface area contributed by atoms with Gasteiger partial charge in [-0.2, -0.15) is 0 Å². The van der Waals surface area contributed by atoms with Crippen LogP contribution in [0.5, 0.6) is 0 Å². The number of carbonyl (C=O) groups excluding carboxylic acids is 1. The third-order valence-electron chi connectivity index (χ3n) is 2.51. The molecule has 0 bridgehead atoms. The van der Waals surface area contributed by atoms with Crippen molar-refractivity contribution in [1.29, 1.82) is 0 Å². The van der Waals surface area contributed by atoms with E-state index < -0.39 is 5.82 Å². The highest BCUT2D eigenvalue weighted by molar-refractivity contribution is 9.10. The Hall–Kier alpha value is -0.900.